The van der Waals surface area contributed by atoms with Crippen molar-refractivity contribution in [3.8, 4) is 0 Å². The quantitative estimate of drug-likeness (QED) is 0.156. The first-order valence-corrected chi connectivity index (χ1v) is 20.7. The summed E-state index contributed by atoms with van der Waals surface area (Å²) < 4.78 is 42.5. The van der Waals surface area contributed by atoms with Crippen LogP contribution in [0.25, 0.3) is 10.1 Å². The van der Waals surface area contributed by atoms with E-state index < -0.39 is 7.25 Å². The molecule has 2 saturated heterocycles. The van der Waals surface area contributed by atoms with Gasteiger partial charge in [0, 0.05) is 39.5 Å². The van der Waals surface area contributed by atoms with Gasteiger partial charge < -0.3 is 17.3 Å². The fraction of sp³-hybridized carbons (Fsp3) is 0.667. The normalized spacial score (nSPS) is 25.2. The van der Waals surface area contributed by atoms with E-state index in [1.54, 1.807) is 10.1 Å². The van der Waals surface area contributed by atoms with Crippen LogP contribution in [0.5, 0.6) is 0 Å². The number of rotatable bonds is 6. The van der Waals surface area contributed by atoms with E-state index in [0.29, 0.717) is 0 Å². The smallest absolute Gasteiger partial charge is 0.418 e. The third kappa shape index (κ3) is 12.1. The van der Waals surface area contributed by atoms with Crippen molar-refractivity contribution in [1.29, 1.82) is 0 Å². The predicted octanol–water partition coefficient (Wildman–Crippen LogP) is 12.5. The Bertz CT molecular complexity index is 1060. The molecule has 4 atom stereocenters. The van der Waals surface area contributed by atoms with Gasteiger partial charge in [0.1, 0.15) is 0 Å². The number of hydrogen-bond donors (Lipinski definition) is 0. The summed E-state index contributed by atoms with van der Waals surface area (Å²) in [7, 11) is -6.17. The Kier molecular flexibility index (Phi) is 18.1. The molecule has 5 radical (unpaired) electrons. The summed E-state index contributed by atoms with van der Waals surface area (Å²) in [6.07, 6.45) is 19.8. The summed E-state index contributed by atoms with van der Waals surface area (Å²) in [5.74, 6) is 3.23. The molecule has 0 N–H and O–H groups in total. The molecule has 2 aromatic rings. The summed E-state index contributed by atoms with van der Waals surface area (Å²) in [5, 5.41) is 3.54. The van der Waals surface area contributed by atoms with Crippen LogP contribution in [0.1, 0.15) is 107 Å². The molecule has 3 heterocycles. The van der Waals surface area contributed by atoms with E-state index in [0.717, 1.165) is 46.3 Å². The number of thiophene rings is 1. The molecular formula is C36H56BF4P2RhS-. The molecule has 257 valence electrons. The molecule has 1 aliphatic carbocycles. The Hall–Kier alpha value is 0.448. The molecule has 45 heavy (non-hydrogen) atoms. The van der Waals surface area contributed by atoms with Gasteiger partial charge in [0.15, 0.2) is 0 Å². The second-order valence-electron chi connectivity index (χ2n) is 14.1. The van der Waals surface area contributed by atoms with Crippen LogP contribution in [0.15, 0.2) is 24.3 Å². The second-order valence-corrected chi connectivity index (χ2v) is 20.6. The number of fused-ring (bicyclic) bond motifs is 1. The Morgan fingerprint density at radius 2 is 0.933 bits per heavy atom. The molecule has 2 aliphatic heterocycles. The summed E-state index contributed by atoms with van der Waals surface area (Å²) in [5.41, 5.74) is 3.65. The van der Waals surface area contributed by atoms with Gasteiger partial charge in [-0.2, -0.15) is 0 Å². The maximum absolute atomic E-state index is 9.75. The van der Waals surface area contributed by atoms with E-state index in [1.807, 2.05) is 9.92 Å². The number of benzene rings is 1. The van der Waals surface area contributed by atoms with Gasteiger partial charge >= 0.3 is 7.25 Å². The van der Waals surface area contributed by atoms with Crippen LogP contribution in [0.4, 0.5) is 17.3 Å². The van der Waals surface area contributed by atoms with Gasteiger partial charge in [0.05, 0.1) is 0 Å². The van der Waals surface area contributed by atoms with Crippen molar-refractivity contribution in [2.24, 2.45) is 23.7 Å². The SMILES string of the molecule is CC(C)[C@H]1CC[C@H](C(C)C)P1c1sc2ccccc2c1P1[C@@H](C(C)C)CC[C@@H]1C(C)C.F[B-](F)(F)F.[CH]1[CH]CC[CH][CH]CC1.[Rh]. The average molecular weight is 773 g/mol. The number of hydrogen-bond acceptors (Lipinski definition) is 1. The van der Waals surface area contributed by atoms with Gasteiger partial charge in [-0.05, 0) is 129 Å². The second kappa shape index (κ2) is 19.6. The minimum Gasteiger partial charge on any atom is -0.418 e. The minimum atomic E-state index is -6.00. The summed E-state index contributed by atoms with van der Waals surface area (Å²) in [4.78, 5) is 0. The maximum Gasteiger partial charge on any atom is 0.673 e. The first kappa shape index (κ1) is 41.6. The van der Waals surface area contributed by atoms with Crippen LogP contribution < -0.4 is 9.92 Å². The molecule has 1 saturated carbocycles. The molecule has 9 heteroatoms. The Labute approximate surface area is 292 Å². The van der Waals surface area contributed by atoms with Crippen LogP contribution in [-0.2, 0) is 19.5 Å². The fourth-order valence-corrected chi connectivity index (χ4v) is 18.5. The zero-order valence-corrected chi connectivity index (χ0v) is 32.9. The zero-order valence-electron chi connectivity index (χ0n) is 28.6. The molecule has 0 spiro atoms. The van der Waals surface area contributed by atoms with E-state index >= 15 is 0 Å². The molecule has 0 nitrogen and oxygen atoms in total. The third-order valence-electron chi connectivity index (χ3n) is 9.40. The topological polar surface area (TPSA) is 0 Å². The zero-order chi connectivity index (χ0) is 32.6. The van der Waals surface area contributed by atoms with Crippen LogP contribution in [-0.4, -0.2) is 29.9 Å². The summed E-state index contributed by atoms with van der Waals surface area (Å²) in [6, 6.07) is 9.49. The van der Waals surface area contributed by atoms with Crippen molar-refractivity contribution in [2.75, 3.05) is 0 Å². The van der Waals surface area contributed by atoms with Gasteiger partial charge in [-0.25, -0.2) is 0 Å². The molecule has 5 rings (SSSR count). The maximum atomic E-state index is 9.75. The van der Waals surface area contributed by atoms with Crippen molar-refractivity contribution >= 4 is 54.4 Å². The molecular weight excluding hydrogens is 716 g/mol. The van der Waals surface area contributed by atoms with Crippen LogP contribution in [0, 0.1) is 49.4 Å². The Morgan fingerprint density at radius 3 is 1.29 bits per heavy atom. The van der Waals surface area contributed by atoms with Gasteiger partial charge in [-0.15, -0.1) is 11.3 Å². The van der Waals surface area contributed by atoms with Gasteiger partial charge in [0.2, 0.25) is 0 Å². The summed E-state index contributed by atoms with van der Waals surface area (Å²) >= 11 is 2.22. The minimum absolute atomic E-state index is 0. The molecule has 0 amide bonds. The van der Waals surface area contributed by atoms with E-state index in [-0.39, 0.29) is 35.3 Å². The fourth-order valence-electron chi connectivity index (χ4n) is 7.28. The van der Waals surface area contributed by atoms with Gasteiger partial charge in [-0.1, -0.05) is 89.4 Å². The Morgan fingerprint density at radius 1 is 0.600 bits per heavy atom. The molecule has 3 aliphatic rings. The van der Waals surface area contributed by atoms with Crippen molar-refractivity contribution < 1.29 is 36.7 Å². The van der Waals surface area contributed by atoms with E-state index in [2.05, 4.69) is 117 Å². The molecule has 1 aromatic heterocycles. The largest absolute Gasteiger partial charge is 0.673 e. The molecule has 0 bridgehead atoms. The third-order valence-corrected chi connectivity index (χ3v) is 19.6. The standard InChI is InChI=1S/C28H44P2S.C8H12.BF4.Rh/c1-17(2)22-13-14-23(18(3)4)29(22)27-21-11-9-10-12-26(21)31-28(27)30-24(19(5)6)15-16-25(30)20(7)8;1-2-4-6-8-7-5-3-1;2-1(3,4)5;/h9-12,17-20,22-25H,13-16H2,1-8H3;1-2,7-8H,3-6H2;;/q;;-1;/t22-,23-,24-,25-;;;/m1.../s1. The van der Waals surface area contributed by atoms with Crippen LogP contribution in [0.2, 0.25) is 0 Å². The van der Waals surface area contributed by atoms with Gasteiger partial charge in [0.25, 0.3) is 0 Å². The van der Waals surface area contributed by atoms with E-state index in [4.69, 9.17) is 0 Å². The Balaban J connectivity index is 0.000000421. The summed E-state index contributed by atoms with van der Waals surface area (Å²) in [6.45, 7) is 20.0. The van der Waals surface area contributed by atoms with E-state index in [9.17, 15) is 17.3 Å². The molecule has 1 aromatic carbocycles. The van der Waals surface area contributed by atoms with Gasteiger partial charge in [-0.3, -0.25) is 0 Å². The van der Waals surface area contributed by atoms with Crippen molar-refractivity contribution in [3.63, 3.8) is 0 Å². The molecule has 3 fully saturated rings. The first-order valence-electron chi connectivity index (χ1n) is 17.0. The average Bonchev–Trinajstić information content (AvgIpc) is 3.61. The van der Waals surface area contributed by atoms with Crippen LogP contribution in [0.3, 0.4) is 0 Å². The monoisotopic (exact) mass is 772 g/mol. The first-order chi connectivity index (χ1) is 20.7. The van der Waals surface area contributed by atoms with Crippen LogP contribution >= 0.6 is 27.2 Å². The molecule has 0 unspecified atom stereocenters. The van der Waals surface area contributed by atoms with Crippen molar-refractivity contribution in [1.82, 2.24) is 0 Å². The van der Waals surface area contributed by atoms with Crippen molar-refractivity contribution in [3.05, 3.63) is 49.9 Å². The van der Waals surface area contributed by atoms with E-state index in [1.165, 1.54) is 51.4 Å². The predicted molar refractivity (Wildman–Crippen MR) is 194 cm³/mol. The number of halogens is 4. The van der Waals surface area contributed by atoms with Crippen molar-refractivity contribution in [2.45, 2.75) is 129 Å².